The third-order valence-corrected chi connectivity index (χ3v) is 2.78. The van der Waals surface area contributed by atoms with Gasteiger partial charge in [0.15, 0.2) is 0 Å². The predicted molar refractivity (Wildman–Crippen MR) is 77.9 cm³/mol. The van der Waals surface area contributed by atoms with Crippen molar-refractivity contribution in [3.63, 3.8) is 0 Å². The standard InChI is InChI=1S/C11H15IN2O.ClH/c1-7(2)10(13)11(15)14-9-5-3-4-8(12)6-9;/h3-7,10H,13H2,1-2H3,(H,14,15);1H. The molecule has 16 heavy (non-hydrogen) atoms. The monoisotopic (exact) mass is 354 g/mol. The molecule has 5 heteroatoms. The summed E-state index contributed by atoms with van der Waals surface area (Å²) >= 11 is 2.20. The minimum atomic E-state index is -0.456. The average molecular weight is 355 g/mol. The molecular formula is C11H16ClIN2O. The van der Waals surface area contributed by atoms with Gasteiger partial charge in [0.1, 0.15) is 0 Å². The van der Waals surface area contributed by atoms with Crippen molar-refractivity contribution in [3.8, 4) is 0 Å². The third-order valence-electron chi connectivity index (χ3n) is 2.11. The zero-order chi connectivity index (χ0) is 11.4. The summed E-state index contributed by atoms with van der Waals surface area (Å²) in [6.45, 7) is 3.86. The fraction of sp³-hybridized carbons (Fsp3) is 0.364. The summed E-state index contributed by atoms with van der Waals surface area (Å²) in [5, 5.41) is 2.80. The van der Waals surface area contributed by atoms with Crippen LogP contribution in [-0.2, 0) is 4.79 Å². The quantitative estimate of drug-likeness (QED) is 0.820. The highest BCUT2D eigenvalue weighted by atomic mass is 127. The van der Waals surface area contributed by atoms with E-state index >= 15 is 0 Å². The number of halogens is 2. The number of hydrogen-bond donors (Lipinski definition) is 2. The van der Waals surface area contributed by atoms with Gasteiger partial charge in [0, 0.05) is 9.26 Å². The number of hydrogen-bond acceptors (Lipinski definition) is 2. The first-order valence-electron chi connectivity index (χ1n) is 4.82. The van der Waals surface area contributed by atoms with Gasteiger partial charge in [0.2, 0.25) is 5.91 Å². The van der Waals surface area contributed by atoms with Crippen molar-refractivity contribution in [3.05, 3.63) is 27.8 Å². The maximum atomic E-state index is 11.6. The molecule has 0 heterocycles. The van der Waals surface area contributed by atoms with Crippen LogP contribution in [0, 0.1) is 9.49 Å². The Balaban J connectivity index is 0.00000225. The van der Waals surface area contributed by atoms with E-state index in [2.05, 4.69) is 27.9 Å². The number of carbonyl (C=O) groups is 1. The lowest BCUT2D eigenvalue weighted by Crippen LogP contribution is -2.39. The molecule has 0 spiro atoms. The number of benzene rings is 1. The van der Waals surface area contributed by atoms with E-state index in [9.17, 15) is 4.79 Å². The maximum absolute atomic E-state index is 11.6. The molecule has 0 saturated heterocycles. The van der Waals surface area contributed by atoms with Crippen LogP contribution >= 0.6 is 35.0 Å². The Morgan fingerprint density at radius 1 is 1.44 bits per heavy atom. The van der Waals surface area contributed by atoms with Gasteiger partial charge in [0.25, 0.3) is 0 Å². The lowest BCUT2D eigenvalue weighted by molar-refractivity contribution is -0.118. The number of nitrogens with two attached hydrogens (primary N) is 1. The summed E-state index contributed by atoms with van der Waals surface area (Å²) < 4.78 is 1.09. The van der Waals surface area contributed by atoms with Crippen molar-refractivity contribution >= 4 is 46.6 Å². The van der Waals surface area contributed by atoms with Gasteiger partial charge >= 0.3 is 0 Å². The van der Waals surface area contributed by atoms with Crippen molar-refractivity contribution in [1.29, 1.82) is 0 Å². The molecule has 0 radical (unpaired) electrons. The third kappa shape index (κ3) is 4.67. The molecule has 1 aromatic rings. The lowest BCUT2D eigenvalue weighted by atomic mass is 10.1. The van der Waals surface area contributed by atoms with Gasteiger partial charge in [-0.1, -0.05) is 19.9 Å². The molecule has 1 aromatic carbocycles. The van der Waals surface area contributed by atoms with Crippen molar-refractivity contribution in [2.45, 2.75) is 19.9 Å². The minimum absolute atomic E-state index is 0. The topological polar surface area (TPSA) is 55.1 Å². The van der Waals surface area contributed by atoms with Crippen LogP contribution in [0.3, 0.4) is 0 Å². The normalized spacial score (nSPS) is 11.8. The predicted octanol–water partition coefficient (Wildman–Crippen LogP) is 2.63. The number of amides is 1. The molecule has 0 aliphatic heterocycles. The highest BCUT2D eigenvalue weighted by Gasteiger charge is 2.16. The molecule has 0 aliphatic carbocycles. The summed E-state index contributed by atoms with van der Waals surface area (Å²) in [6.07, 6.45) is 0. The van der Waals surface area contributed by atoms with E-state index < -0.39 is 6.04 Å². The van der Waals surface area contributed by atoms with Crippen LogP contribution in [0.2, 0.25) is 0 Å². The zero-order valence-electron chi connectivity index (χ0n) is 9.24. The van der Waals surface area contributed by atoms with E-state index in [1.54, 1.807) is 0 Å². The van der Waals surface area contributed by atoms with Gasteiger partial charge < -0.3 is 11.1 Å². The van der Waals surface area contributed by atoms with Crippen LogP contribution < -0.4 is 11.1 Å². The summed E-state index contributed by atoms with van der Waals surface area (Å²) in [6, 6.07) is 7.18. The Morgan fingerprint density at radius 2 is 2.06 bits per heavy atom. The van der Waals surface area contributed by atoms with E-state index in [-0.39, 0.29) is 24.2 Å². The Hall–Kier alpha value is -0.330. The van der Waals surface area contributed by atoms with E-state index in [1.807, 2.05) is 38.1 Å². The van der Waals surface area contributed by atoms with E-state index in [0.717, 1.165) is 9.26 Å². The van der Waals surface area contributed by atoms with Crippen LogP contribution in [0.4, 0.5) is 5.69 Å². The summed E-state index contributed by atoms with van der Waals surface area (Å²) in [7, 11) is 0. The molecule has 0 aromatic heterocycles. The average Bonchev–Trinajstić information content (AvgIpc) is 2.16. The van der Waals surface area contributed by atoms with Crippen LogP contribution in [0.5, 0.6) is 0 Å². The molecule has 1 rings (SSSR count). The molecule has 1 unspecified atom stereocenters. The SMILES string of the molecule is CC(C)C(N)C(=O)Nc1cccc(I)c1.Cl. The highest BCUT2D eigenvalue weighted by molar-refractivity contribution is 14.1. The maximum Gasteiger partial charge on any atom is 0.241 e. The molecule has 3 nitrogen and oxygen atoms in total. The molecule has 0 aliphatic rings. The molecule has 0 fully saturated rings. The Labute approximate surface area is 116 Å². The first kappa shape index (κ1) is 15.7. The summed E-state index contributed by atoms with van der Waals surface area (Å²) in [5.74, 6) is 0.0137. The largest absolute Gasteiger partial charge is 0.325 e. The van der Waals surface area contributed by atoms with Gasteiger partial charge in [-0.15, -0.1) is 12.4 Å². The number of anilines is 1. The van der Waals surface area contributed by atoms with Crippen LogP contribution in [-0.4, -0.2) is 11.9 Å². The van der Waals surface area contributed by atoms with Crippen molar-refractivity contribution in [2.24, 2.45) is 11.7 Å². The smallest absolute Gasteiger partial charge is 0.241 e. The first-order valence-corrected chi connectivity index (χ1v) is 5.90. The molecule has 90 valence electrons. The Bertz CT molecular complexity index is 358. The number of carbonyl (C=O) groups excluding carboxylic acids is 1. The fourth-order valence-electron chi connectivity index (χ4n) is 1.09. The van der Waals surface area contributed by atoms with Gasteiger partial charge in [-0.2, -0.15) is 0 Å². The molecular weight excluding hydrogens is 338 g/mol. The van der Waals surface area contributed by atoms with Crippen molar-refractivity contribution in [1.82, 2.24) is 0 Å². The Morgan fingerprint density at radius 3 is 2.56 bits per heavy atom. The second-order valence-corrected chi connectivity index (χ2v) is 5.02. The second-order valence-electron chi connectivity index (χ2n) is 3.77. The summed E-state index contributed by atoms with van der Waals surface area (Å²) in [5.41, 5.74) is 6.53. The zero-order valence-corrected chi connectivity index (χ0v) is 12.2. The molecule has 3 N–H and O–H groups in total. The van der Waals surface area contributed by atoms with Gasteiger partial charge in [-0.25, -0.2) is 0 Å². The molecule has 1 amide bonds. The van der Waals surface area contributed by atoms with Crippen molar-refractivity contribution in [2.75, 3.05) is 5.32 Å². The van der Waals surface area contributed by atoms with Gasteiger partial charge in [0.05, 0.1) is 6.04 Å². The van der Waals surface area contributed by atoms with Crippen molar-refractivity contribution < 1.29 is 4.79 Å². The molecule has 0 saturated carbocycles. The van der Waals surface area contributed by atoms with E-state index in [1.165, 1.54) is 0 Å². The molecule has 1 atom stereocenters. The van der Waals surface area contributed by atoms with E-state index in [0.29, 0.717) is 0 Å². The van der Waals surface area contributed by atoms with Crippen LogP contribution in [0.1, 0.15) is 13.8 Å². The van der Waals surface area contributed by atoms with Crippen LogP contribution in [0.15, 0.2) is 24.3 Å². The Kier molecular flexibility index (Phi) is 6.94. The minimum Gasteiger partial charge on any atom is -0.325 e. The first-order chi connectivity index (χ1) is 7.00. The number of nitrogens with one attached hydrogen (secondary N) is 1. The van der Waals surface area contributed by atoms with Crippen LogP contribution in [0.25, 0.3) is 0 Å². The summed E-state index contributed by atoms with van der Waals surface area (Å²) in [4.78, 5) is 11.6. The number of rotatable bonds is 3. The lowest BCUT2D eigenvalue weighted by Gasteiger charge is -2.15. The molecule has 0 bridgehead atoms. The fourth-order valence-corrected chi connectivity index (χ4v) is 1.64. The van der Waals surface area contributed by atoms with E-state index in [4.69, 9.17) is 5.73 Å². The van der Waals surface area contributed by atoms with Gasteiger partial charge in [-0.3, -0.25) is 4.79 Å². The highest BCUT2D eigenvalue weighted by Crippen LogP contribution is 2.13. The van der Waals surface area contributed by atoms with Gasteiger partial charge in [-0.05, 0) is 46.7 Å². The second kappa shape index (κ2) is 7.09.